The zero-order chi connectivity index (χ0) is 30.2. The first kappa shape index (κ1) is 28.8. The molecule has 0 spiro atoms. The number of hydrogen-bond donors (Lipinski definition) is 2. The average molecular weight is 622 g/mol. The van der Waals surface area contributed by atoms with E-state index in [4.69, 9.17) is 15.0 Å². The van der Waals surface area contributed by atoms with E-state index in [1.54, 1.807) is 54.3 Å². The maximum absolute atomic E-state index is 15.2. The Morgan fingerprint density at radius 2 is 1.93 bits per heavy atom. The summed E-state index contributed by atoms with van der Waals surface area (Å²) >= 11 is 1.16. The number of nitrogens with zero attached hydrogens (tertiary/aromatic N) is 3. The highest BCUT2D eigenvalue weighted by molar-refractivity contribution is 7.82. The Balaban J connectivity index is 1.54. The number of hydrogen-bond acceptors (Lipinski definition) is 6. The van der Waals surface area contributed by atoms with Gasteiger partial charge in [-0.05, 0) is 78.8 Å². The van der Waals surface area contributed by atoms with Crippen LogP contribution in [0.25, 0.3) is 27.5 Å². The van der Waals surface area contributed by atoms with Crippen molar-refractivity contribution in [3.05, 3.63) is 100 Å². The van der Waals surface area contributed by atoms with Crippen LogP contribution in [0.1, 0.15) is 40.2 Å². The predicted molar refractivity (Wildman–Crippen MR) is 161 cm³/mol. The van der Waals surface area contributed by atoms with Gasteiger partial charge in [0.1, 0.15) is 11.6 Å². The first-order valence-electron chi connectivity index (χ1n) is 13.5. The minimum atomic E-state index is -2.34. The lowest BCUT2D eigenvalue weighted by Gasteiger charge is -2.11. The number of halogens is 2. The molecule has 1 fully saturated rings. The molecule has 0 amide bonds. The highest BCUT2D eigenvalue weighted by atomic mass is 32.2. The molecule has 0 saturated heterocycles. The van der Waals surface area contributed by atoms with Crippen LogP contribution in [0.15, 0.2) is 70.9 Å². The number of carbonyl (C=O) groups is 1. The maximum atomic E-state index is 15.2. The van der Waals surface area contributed by atoms with E-state index >= 15 is 4.39 Å². The molecular weight excluding hydrogens is 594 g/mol. The van der Waals surface area contributed by atoms with Crippen LogP contribution in [0.3, 0.4) is 0 Å². The van der Waals surface area contributed by atoms with Crippen molar-refractivity contribution >= 4 is 28.3 Å². The molecule has 3 aromatic carbocycles. The lowest BCUT2D eigenvalue weighted by molar-refractivity contribution is 0.0691. The number of methoxy groups -OCH3 is 1. The Bertz CT molecular complexity index is 1880. The molecule has 2 aromatic heterocycles. The largest absolute Gasteiger partial charge is 0.497 e. The minimum Gasteiger partial charge on any atom is -0.497 e. The van der Waals surface area contributed by atoms with Gasteiger partial charge in [0.15, 0.2) is 22.5 Å². The summed E-state index contributed by atoms with van der Waals surface area (Å²) in [6.07, 6.45) is 3.01. The quantitative estimate of drug-likeness (QED) is 0.143. The molecule has 220 valence electrons. The molecule has 1 aliphatic rings. The molecule has 1 unspecified atom stereocenters. The molecule has 0 radical (unpaired) electrons. The van der Waals surface area contributed by atoms with Crippen molar-refractivity contribution in [3.8, 4) is 33.3 Å². The molecule has 0 bridgehead atoms. The van der Waals surface area contributed by atoms with Crippen LogP contribution in [0.5, 0.6) is 5.75 Å². The lowest BCUT2D eigenvalue weighted by Crippen LogP contribution is -2.07. The van der Waals surface area contributed by atoms with Crippen molar-refractivity contribution in [3.63, 3.8) is 0 Å². The number of thiazole rings is 1. The first-order valence-corrected chi connectivity index (χ1v) is 15.7. The Morgan fingerprint density at radius 1 is 1.12 bits per heavy atom. The summed E-state index contributed by atoms with van der Waals surface area (Å²) in [7, 11) is -0.800. The van der Waals surface area contributed by atoms with Gasteiger partial charge < -0.3 is 9.84 Å². The van der Waals surface area contributed by atoms with Crippen molar-refractivity contribution in [1.29, 1.82) is 0 Å². The Morgan fingerprint density at radius 3 is 2.60 bits per heavy atom. The standard InChI is InChI=1S/C31H26F2N4O4S2/c1-41-21-4-2-3-19(14-21)22-15-20(8-9-24(22)32)29-23(11-18-7-10-28(43(34)40)25(33)12-18)27(13-17-5-6-17)37(36-29)31-35-26(16-42-31)30(38)39/h2-4,7-10,12,14-17H,5-6,11,13H2,1H3,(H2,34,40)(H,38,39)/p+1. The van der Waals surface area contributed by atoms with Gasteiger partial charge in [0.25, 0.3) is 0 Å². The molecular formula is C31H27F2N4O4S2+. The summed E-state index contributed by atoms with van der Waals surface area (Å²) in [5, 5.41) is 21.7. The number of carboxylic acid groups (broad SMARTS) is 1. The van der Waals surface area contributed by atoms with Gasteiger partial charge >= 0.3 is 5.97 Å². The second-order valence-electron chi connectivity index (χ2n) is 10.4. The SMILES string of the molecule is COc1cccc(-c2cc(-c3nn(-c4nc(C(=O)O)cs4)c(CC4CC4)c3Cc3ccc([SH+](N)=O)c(F)c3)ccc2F)c1. The highest BCUT2D eigenvalue weighted by Gasteiger charge is 2.30. The first-order chi connectivity index (χ1) is 20.7. The number of nitrogens with two attached hydrogens (primary N) is 1. The van der Waals surface area contributed by atoms with E-state index in [2.05, 4.69) is 4.98 Å². The summed E-state index contributed by atoms with van der Waals surface area (Å²) in [6.45, 7) is 0. The van der Waals surface area contributed by atoms with E-state index in [-0.39, 0.29) is 17.0 Å². The third kappa shape index (κ3) is 5.99. The molecule has 0 aliphatic heterocycles. The Kier molecular flexibility index (Phi) is 7.91. The van der Waals surface area contributed by atoms with Crippen LogP contribution in [-0.2, 0) is 28.0 Å². The highest BCUT2D eigenvalue weighted by Crippen LogP contribution is 2.39. The van der Waals surface area contributed by atoms with E-state index in [1.807, 2.05) is 0 Å². The molecule has 43 heavy (non-hydrogen) atoms. The summed E-state index contributed by atoms with van der Waals surface area (Å²) in [5.41, 5.74) is 4.27. The van der Waals surface area contributed by atoms with E-state index in [0.717, 1.165) is 35.4 Å². The molecule has 1 saturated carbocycles. The summed E-state index contributed by atoms with van der Waals surface area (Å²) < 4.78 is 48.8. The molecule has 3 N–H and O–H groups in total. The second-order valence-corrected chi connectivity index (χ2v) is 12.3. The molecule has 1 atom stereocenters. The van der Waals surface area contributed by atoms with Crippen LogP contribution >= 0.6 is 11.3 Å². The number of aromatic carboxylic acids is 1. The Hall–Kier alpha value is -4.26. The van der Waals surface area contributed by atoms with Crippen molar-refractivity contribution in [2.75, 3.05) is 7.11 Å². The van der Waals surface area contributed by atoms with Gasteiger partial charge in [-0.1, -0.05) is 22.4 Å². The van der Waals surface area contributed by atoms with Crippen molar-refractivity contribution in [2.24, 2.45) is 11.1 Å². The molecule has 8 nitrogen and oxygen atoms in total. The number of carboxylic acids is 1. The maximum Gasteiger partial charge on any atom is 0.355 e. The minimum absolute atomic E-state index is 0.0571. The predicted octanol–water partition coefficient (Wildman–Crippen LogP) is 6.12. The fourth-order valence-electron chi connectivity index (χ4n) is 5.05. The van der Waals surface area contributed by atoms with Crippen molar-refractivity contribution in [2.45, 2.75) is 30.6 Å². The third-order valence-corrected chi connectivity index (χ3v) is 9.07. The van der Waals surface area contributed by atoms with Gasteiger partial charge in [-0.3, -0.25) is 0 Å². The normalized spacial score (nSPS) is 13.7. The average Bonchev–Trinajstić information content (AvgIpc) is 3.55. The molecule has 5 aromatic rings. The van der Waals surface area contributed by atoms with Gasteiger partial charge in [-0.25, -0.2) is 23.2 Å². The molecule has 12 heteroatoms. The topological polar surface area (TPSA) is 120 Å². The summed E-state index contributed by atoms with van der Waals surface area (Å²) in [4.78, 5) is 15.9. The zero-order valence-electron chi connectivity index (χ0n) is 23.0. The zero-order valence-corrected chi connectivity index (χ0v) is 24.7. The van der Waals surface area contributed by atoms with Gasteiger partial charge in [0.2, 0.25) is 10.0 Å². The van der Waals surface area contributed by atoms with Gasteiger partial charge in [-0.15, -0.1) is 16.5 Å². The summed E-state index contributed by atoms with van der Waals surface area (Å²) in [5.74, 6) is -1.22. The van der Waals surface area contributed by atoms with E-state index in [1.165, 1.54) is 23.6 Å². The summed E-state index contributed by atoms with van der Waals surface area (Å²) in [6, 6.07) is 16.3. The lowest BCUT2D eigenvalue weighted by atomic mass is 9.95. The fraction of sp³-hybridized carbons (Fsp3) is 0.194. The smallest absolute Gasteiger partial charge is 0.355 e. The number of thiol groups is 1. The van der Waals surface area contributed by atoms with E-state index < -0.39 is 28.6 Å². The van der Waals surface area contributed by atoms with Gasteiger partial charge in [0.05, 0.1) is 18.5 Å². The number of rotatable bonds is 10. The number of ether oxygens (including phenoxy) is 1. The molecule has 1 aliphatic carbocycles. The third-order valence-electron chi connectivity index (χ3n) is 7.41. The fourth-order valence-corrected chi connectivity index (χ4v) is 6.32. The van der Waals surface area contributed by atoms with E-state index in [9.17, 15) is 18.5 Å². The van der Waals surface area contributed by atoms with E-state index in [0.29, 0.717) is 51.2 Å². The number of aromatic nitrogens is 3. The van der Waals surface area contributed by atoms with Gasteiger partial charge in [0, 0.05) is 28.5 Å². The van der Waals surface area contributed by atoms with Crippen molar-refractivity contribution in [1.82, 2.24) is 14.8 Å². The van der Waals surface area contributed by atoms with Crippen LogP contribution in [-0.4, -0.2) is 33.0 Å². The van der Waals surface area contributed by atoms with Crippen molar-refractivity contribution < 1.29 is 27.6 Å². The Labute approximate surface area is 252 Å². The number of benzene rings is 3. The second kappa shape index (κ2) is 11.8. The van der Waals surface area contributed by atoms with Crippen LogP contribution < -0.4 is 9.88 Å². The van der Waals surface area contributed by atoms with Crippen LogP contribution in [0, 0.1) is 17.6 Å². The molecule has 6 rings (SSSR count). The molecule has 2 heterocycles. The monoisotopic (exact) mass is 621 g/mol. The van der Waals surface area contributed by atoms with Crippen LogP contribution in [0.2, 0.25) is 0 Å². The van der Waals surface area contributed by atoms with Crippen LogP contribution in [0.4, 0.5) is 8.78 Å². The van der Waals surface area contributed by atoms with Gasteiger partial charge in [-0.2, -0.15) is 5.10 Å².